The van der Waals surface area contributed by atoms with Gasteiger partial charge in [0.2, 0.25) is 0 Å². The van der Waals surface area contributed by atoms with E-state index in [1.165, 1.54) is 3.97 Å². The van der Waals surface area contributed by atoms with E-state index in [0.717, 1.165) is 12.2 Å². The molecule has 2 heterocycles. The fraction of sp³-hybridized carbons (Fsp3) is 0.286. The quantitative estimate of drug-likeness (QED) is 0.617. The van der Waals surface area contributed by atoms with Crippen LogP contribution >= 0.6 is 11.6 Å². The number of rotatable bonds is 6. The number of nitrogens with zero attached hydrogens (tertiary/aromatic N) is 2. The van der Waals surface area contributed by atoms with Crippen molar-refractivity contribution in [2.45, 2.75) is 24.2 Å². The van der Waals surface area contributed by atoms with Gasteiger partial charge in [0.25, 0.3) is 10.0 Å². The topological polar surface area (TPSA) is 88.8 Å². The summed E-state index contributed by atoms with van der Waals surface area (Å²) in [6.07, 6.45) is 0.594. The molecule has 0 spiro atoms. The van der Waals surface area contributed by atoms with E-state index in [1.54, 1.807) is 42.5 Å². The number of aliphatic carboxylic acids is 1. The predicted molar refractivity (Wildman–Crippen MR) is 115 cm³/mol. The molecule has 0 aliphatic carbocycles. The maximum Gasteiger partial charge on any atom is 0.303 e. The lowest BCUT2D eigenvalue weighted by Crippen LogP contribution is -2.29. The molecule has 0 saturated heterocycles. The van der Waals surface area contributed by atoms with Crippen molar-refractivity contribution in [3.8, 4) is 5.75 Å². The standard InChI is InChI=1S/C21H21ClN2O5S/c1-23-9-10-29-20-13-17(6-8-19(20)23)30(27,28)24-16(3-2-4-21(25)26)12-14-11-15(22)5-7-18(14)24/h5-8,11-13H,2-4,9-10H2,1H3,(H,25,26). The minimum atomic E-state index is -3.94. The number of carboxylic acid groups (broad SMARTS) is 1. The summed E-state index contributed by atoms with van der Waals surface area (Å²) in [6.45, 7) is 1.22. The van der Waals surface area contributed by atoms with Crippen LogP contribution in [0.5, 0.6) is 5.75 Å². The molecule has 0 unspecified atom stereocenters. The Morgan fingerprint density at radius 2 is 2.00 bits per heavy atom. The highest BCUT2D eigenvalue weighted by Gasteiger charge is 2.26. The van der Waals surface area contributed by atoms with Gasteiger partial charge in [0.05, 0.1) is 22.6 Å². The second-order valence-corrected chi connectivity index (χ2v) is 9.48. The van der Waals surface area contributed by atoms with Gasteiger partial charge < -0.3 is 14.7 Å². The Bertz CT molecular complexity index is 1240. The minimum Gasteiger partial charge on any atom is -0.490 e. The molecule has 1 N–H and O–H groups in total. The Labute approximate surface area is 179 Å². The number of benzene rings is 2. The fourth-order valence-corrected chi connectivity index (χ4v) is 5.47. The summed E-state index contributed by atoms with van der Waals surface area (Å²) in [5, 5.41) is 10.1. The van der Waals surface area contributed by atoms with Crippen LogP contribution in [-0.2, 0) is 21.2 Å². The monoisotopic (exact) mass is 448 g/mol. The Hall–Kier alpha value is -2.71. The van der Waals surface area contributed by atoms with E-state index in [4.69, 9.17) is 21.4 Å². The number of halogens is 1. The highest BCUT2D eigenvalue weighted by molar-refractivity contribution is 7.90. The number of fused-ring (bicyclic) bond motifs is 2. The summed E-state index contributed by atoms with van der Waals surface area (Å²) in [5.74, 6) is -0.392. The first kappa shape index (κ1) is 20.6. The zero-order chi connectivity index (χ0) is 21.5. The SMILES string of the molecule is CN1CCOc2cc(S(=O)(=O)n3c(CCCC(=O)O)cc4cc(Cl)ccc43)ccc21. The lowest BCUT2D eigenvalue weighted by molar-refractivity contribution is -0.137. The molecule has 3 aromatic rings. The van der Waals surface area contributed by atoms with E-state index in [9.17, 15) is 13.2 Å². The third kappa shape index (κ3) is 3.73. The van der Waals surface area contributed by atoms with Gasteiger partial charge in [0.15, 0.2) is 0 Å². The van der Waals surface area contributed by atoms with E-state index in [-0.39, 0.29) is 11.3 Å². The Kier molecular flexibility index (Phi) is 5.38. The van der Waals surface area contributed by atoms with Crippen LogP contribution in [0.4, 0.5) is 5.69 Å². The zero-order valence-corrected chi connectivity index (χ0v) is 17.9. The third-order valence-electron chi connectivity index (χ3n) is 5.18. The first-order valence-corrected chi connectivity index (χ1v) is 11.3. The van der Waals surface area contributed by atoms with Crippen LogP contribution < -0.4 is 9.64 Å². The molecule has 0 amide bonds. The molecular formula is C21H21ClN2O5S. The molecule has 158 valence electrons. The number of likely N-dealkylation sites (N-methyl/N-ethyl adjacent to an activating group) is 1. The number of aryl methyl sites for hydroxylation is 1. The highest BCUT2D eigenvalue weighted by Crippen LogP contribution is 2.35. The van der Waals surface area contributed by atoms with Crippen molar-refractivity contribution in [3.05, 3.63) is 53.2 Å². The molecule has 1 aliphatic heterocycles. The Morgan fingerprint density at radius 3 is 2.77 bits per heavy atom. The first-order chi connectivity index (χ1) is 14.3. The molecule has 0 bridgehead atoms. The fourth-order valence-electron chi connectivity index (χ4n) is 3.70. The molecule has 9 heteroatoms. The average Bonchev–Trinajstić information content (AvgIpc) is 3.05. The molecule has 2 aromatic carbocycles. The minimum absolute atomic E-state index is 0.0403. The van der Waals surface area contributed by atoms with Gasteiger partial charge >= 0.3 is 5.97 Å². The second-order valence-electron chi connectivity index (χ2n) is 7.26. The number of hydrogen-bond acceptors (Lipinski definition) is 5. The van der Waals surface area contributed by atoms with Crippen molar-refractivity contribution < 1.29 is 23.1 Å². The lowest BCUT2D eigenvalue weighted by atomic mass is 10.2. The summed E-state index contributed by atoms with van der Waals surface area (Å²) < 4.78 is 34.2. The second kappa shape index (κ2) is 7.85. The molecule has 30 heavy (non-hydrogen) atoms. The van der Waals surface area contributed by atoms with E-state index in [1.807, 2.05) is 11.9 Å². The van der Waals surface area contributed by atoms with E-state index in [0.29, 0.717) is 46.8 Å². The van der Waals surface area contributed by atoms with Gasteiger partial charge in [-0.1, -0.05) is 11.6 Å². The number of ether oxygens (including phenoxy) is 1. The number of carboxylic acids is 1. The molecule has 0 fully saturated rings. The van der Waals surface area contributed by atoms with Crippen LogP contribution in [0.1, 0.15) is 18.5 Å². The predicted octanol–water partition coefficient (Wildman–Crippen LogP) is 3.77. The van der Waals surface area contributed by atoms with Crippen LogP contribution in [0, 0.1) is 0 Å². The molecule has 7 nitrogen and oxygen atoms in total. The summed E-state index contributed by atoms with van der Waals surface area (Å²) >= 11 is 6.09. The maximum absolute atomic E-state index is 13.6. The van der Waals surface area contributed by atoms with Gasteiger partial charge in [0, 0.05) is 35.6 Å². The van der Waals surface area contributed by atoms with Crippen molar-refractivity contribution in [2.75, 3.05) is 25.1 Å². The Balaban J connectivity index is 1.83. The normalized spacial score (nSPS) is 13.9. The van der Waals surface area contributed by atoms with E-state index in [2.05, 4.69) is 0 Å². The molecule has 1 aliphatic rings. The van der Waals surface area contributed by atoms with Gasteiger partial charge in [0.1, 0.15) is 12.4 Å². The van der Waals surface area contributed by atoms with Gasteiger partial charge in [-0.3, -0.25) is 4.79 Å². The molecule has 0 atom stereocenters. The average molecular weight is 449 g/mol. The molecular weight excluding hydrogens is 428 g/mol. The summed E-state index contributed by atoms with van der Waals surface area (Å²) in [4.78, 5) is 13.0. The van der Waals surface area contributed by atoms with Crippen molar-refractivity contribution in [1.29, 1.82) is 0 Å². The van der Waals surface area contributed by atoms with Crippen molar-refractivity contribution >= 4 is 44.2 Å². The summed E-state index contributed by atoms with van der Waals surface area (Å²) in [7, 11) is -2.01. The van der Waals surface area contributed by atoms with Crippen molar-refractivity contribution in [2.24, 2.45) is 0 Å². The number of anilines is 1. The third-order valence-corrected chi connectivity index (χ3v) is 7.18. The van der Waals surface area contributed by atoms with Crippen LogP contribution in [0.15, 0.2) is 47.4 Å². The molecule has 1 aromatic heterocycles. The molecule has 0 saturated carbocycles. The van der Waals surface area contributed by atoms with Gasteiger partial charge in [-0.2, -0.15) is 0 Å². The molecule has 0 radical (unpaired) electrons. The number of carbonyl (C=O) groups is 1. The van der Waals surface area contributed by atoms with Crippen molar-refractivity contribution in [3.63, 3.8) is 0 Å². The highest BCUT2D eigenvalue weighted by atomic mass is 35.5. The smallest absolute Gasteiger partial charge is 0.303 e. The number of aromatic nitrogens is 1. The number of hydrogen-bond donors (Lipinski definition) is 1. The zero-order valence-electron chi connectivity index (χ0n) is 16.3. The largest absolute Gasteiger partial charge is 0.490 e. The van der Waals surface area contributed by atoms with E-state index < -0.39 is 16.0 Å². The van der Waals surface area contributed by atoms with Crippen LogP contribution in [-0.4, -0.2) is 43.7 Å². The van der Waals surface area contributed by atoms with E-state index >= 15 is 0 Å². The summed E-state index contributed by atoms with van der Waals surface area (Å²) in [6, 6.07) is 11.6. The van der Waals surface area contributed by atoms with Crippen LogP contribution in [0.3, 0.4) is 0 Å². The van der Waals surface area contributed by atoms with Crippen molar-refractivity contribution in [1.82, 2.24) is 3.97 Å². The first-order valence-electron chi connectivity index (χ1n) is 9.52. The lowest BCUT2D eigenvalue weighted by Gasteiger charge is -2.28. The van der Waals surface area contributed by atoms with Gasteiger partial charge in [-0.05, 0) is 49.2 Å². The van der Waals surface area contributed by atoms with Gasteiger partial charge in [-0.25, -0.2) is 12.4 Å². The van der Waals surface area contributed by atoms with Gasteiger partial charge in [-0.15, -0.1) is 0 Å². The maximum atomic E-state index is 13.6. The summed E-state index contributed by atoms with van der Waals surface area (Å²) in [5.41, 5.74) is 1.86. The van der Waals surface area contributed by atoms with Crippen LogP contribution in [0.2, 0.25) is 5.02 Å². The Morgan fingerprint density at radius 1 is 1.20 bits per heavy atom. The molecule has 4 rings (SSSR count). The van der Waals surface area contributed by atoms with Crippen LogP contribution in [0.25, 0.3) is 10.9 Å².